The van der Waals surface area contributed by atoms with Gasteiger partial charge in [0.2, 0.25) is 10.0 Å². The molecule has 0 aliphatic carbocycles. The zero-order valence-corrected chi connectivity index (χ0v) is 13.2. The van der Waals surface area contributed by atoms with Crippen molar-refractivity contribution >= 4 is 15.7 Å². The highest BCUT2D eigenvalue weighted by atomic mass is 32.2. The molecule has 118 valence electrons. The molecule has 1 saturated heterocycles. The highest BCUT2D eigenvalue weighted by Crippen LogP contribution is 2.29. The Kier molecular flexibility index (Phi) is 4.46. The molecule has 1 unspecified atom stereocenters. The number of benzene rings is 1. The minimum Gasteiger partial charge on any atom is -0.497 e. The summed E-state index contributed by atoms with van der Waals surface area (Å²) in [7, 11) is -2.15. The second-order valence-electron chi connectivity index (χ2n) is 5.66. The molecule has 3 N–H and O–H groups in total. The smallest absolute Gasteiger partial charge is 0.245 e. The van der Waals surface area contributed by atoms with E-state index in [4.69, 9.17) is 10.5 Å². The van der Waals surface area contributed by atoms with Crippen LogP contribution in [0, 0.1) is 0 Å². The largest absolute Gasteiger partial charge is 0.497 e. The number of hydrogen-bond acceptors (Lipinski definition) is 5. The summed E-state index contributed by atoms with van der Waals surface area (Å²) >= 11 is 0. The summed E-state index contributed by atoms with van der Waals surface area (Å²) < 4.78 is 31.8. The Bertz CT molecular complexity index is 613. The van der Waals surface area contributed by atoms with Crippen LogP contribution in [0.25, 0.3) is 0 Å². The van der Waals surface area contributed by atoms with E-state index in [0.29, 0.717) is 38.1 Å². The van der Waals surface area contributed by atoms with Gasteiger partial charge in [-0.2, -0.15) is 4.31 Å². The number of anilines is 1. The van der Waals surface area contributed by atoms with Crippen molar-refractivity contribution in [2.75, 3.05) is 25.9 Å². The molecule has 6 nitrogen and oxygen atoms in total. The van der Waals surface area contributed by atoms with Gasteiger partial charge in [0.1, 0.15) is 10.6 Å². The quantitative estimate of drug-likeness (QED) is 0.818. The van der Waals surface area contributed by atoms with Gasteiger partial charge in [0.25, 0.3) is 0 Å². The fourth-order valence-electron chi connectivity index (χ4n) is 2.51. The number of aliphatic hydroxyl groups is 1. The normalized spacial score (nSPS) is 24.5. The van der Waals surface area contributed by atoms with Gasteiger partial charge >= 0.3 is 0 Å². The first-order valence-electron chi connectivity index (χ1n) is 6.92. The van der Waals surface area contributed by atoms with E-state index in [1.165, 1.54) is 23.5 Å². The van der Waals surface area contributed by atoms with Crippen molar-refractivity contribution in [3.05, 3.63) is 18.2 Å². The molecule has 0 radical (unpaired) electrons. The van der Waals surface area contributed by atoms with Crippen LogP contribution >= 0.6 is 0 Å². The summed E-state index contributed by atoms with van der Waals surface area (Å²) in [6, 6.07) is 4.55. The number of sulfonamides is 1. The van der Waals surface area contributed by atoms with Crippen LogP contribution in [0.4, 0.5) is 5.69 Å². The van der Waals surface area contributed by atoms with E-state index < -0.39 is 15.6 Å². The molecule has 1 fully saturated rings. The third kappa shape index (κ3) is 3.48. The molecule has 1 heterocycles. The highest BCUT2D eigenvalue weighted by Gasteiger charge is 2.32. The molecular formula is C14H22N2O4S. The maximum absolute atomic E-state index is 12.7. The van der Waals surface area contributed by atoms with Crippen molar-refractivity contribution in [2.45, 2.75) is 36.7 Å². The number of nitrogens with two attached hydrogens (primary N) is 1. The Labute approximate surface area is 125 Å². The summed E-state index contributed by atoms with van der Waals surface area (Å²) in [5, 5.41) is 10.1. The monoisotopic (exact) mass is 314 g/mol. The van der Waals surface area contributed by atoms with E-state index in [1.807, 2.05) is 0 Å². The maximum Gasteiger partial charge on any atom is 0.245 e. The fraction of sp³-hybridized carbons (Fsp3) is 0.571. The Hall–Kier alpha value is -1.31. The van der Waals surface area contributed by atoms with Gasteiger partial charge in [0.05, 0.1) is 18.4 Å². The van der Waals surface area contributed by atoms with Gasteiger partial charge in [0, 0.05) is 19.2 Å². The molecule has 0 spiro atoms. The molecule has 1 aliphatic heterocycles. The van der Waals surface area contributed by atoms with Gasteiger partial charge in [-0.3, -0.25) is 0 Å². The average Bonchev–Trinajstić information content (AvgIpc) is 2.59. The third-order valence-corrected chi connectivity index (χ3v) is 5.83. The van der Waals surface area contributed by atoms with Gasteiger partial charge in [-0.15, -0.1) is 0 Å². The molecule has 1 aromatic rings. The second kappa shape index (κ2) is 5.82. The molecule has 1 aromatic carbocycles. The van der Waals surface area contributed by atoms with Crippen LogP contribution in [0.2, 0.25) is 0 Å². The van der Waals surface area contributed by atoms with E-state index in [9.17, 15) is 13.5 Å². The first kappa shape index (κ1) is 16.1. The Balaban J connectivity index is 2.29. The van der Waals surface area contributed by atoms with Crippen molar-refractivity contribution in [1.82, 2.24) is 4.31 Å². The molecule has 21 heavy (non-hydrogen) atoms. The molecule has 1 atom stereocenters. The van der Waals surface area contributed by atoms with Crippen LogP contribution in [0.15, 0.2) is 23.1 Å². The predicted molar refractivity (Wildman–Crippen MR) is 80.6 cm³/mol. The van der Waals surface area contributed by atoms with Crippen molar-refractivity contribution in [2.24, 2.45) is 0 Å². The maximum atomic E-state index is 12.7. The van der Waals surface area contributed by atoms with Crippen LogP contribution in [0.1, 0.15) is 26.2 Å². The number of rotatable bonds is 3. The Morgan fingerprint density at radius 3 is 2.67 bits per heavy atom. The molecule has 7 heteroatoms. The van der Waals surface area contributed by atoms with Gasteiger partial charge < -0.3 is 15.6 Å². The van der Waals surface area contributed by atoms with E-state index in [1.54, 1.807) is 13.0 Å². The van der Waals surface area contributed by atoms with Crippen molar-refractivity contribution in [3.63, 3.8) is 0 Å². The lowest BCUT2D eigenvalue weighted by atomic mass is 9.98. The summed E-state index contributed by atoms with van der Waals surface area (Å²) in [5.74, 6) is 0.519. The molecular weight excluding hydrogens is 292 g/mol. The van der Waals surface area contributed by atoms with E-state index in [2.05, 4.69) is 0 Å². The number of nitrogens with zero attached hydrogens (tertiary/aromatic N) is 1. The lowest BCUT2D eigenvalue weighted by Crippen LogP contribution is -2.34. The number of nitrogen functional groups attached to an aromatic ring is 1. The van der Waals surface area contributed by atoms with E-state index >= 15 is 0 Å². The molecule has 0 saturated carbocycles. The Morgan fingerprint density at radius 2 is 2.05 bits per heavy atom. The van der Waals surface area contributed by atoms with E-state index in [0.717, 1.165) is 0 Å². The van der Waals surface area contributed by atoms with Gasteiger partial charge in [-0.05, 0) is 38.3 Å². The third-order valence-electron chi connectivity index (χ3n) is 3.86. The van der Waals surface area contributed by atoms with E-state index in [-0.39, 0.29) is 10.6 Å². The predicted octanol–water partition coefficient (Wildman–Crippen LogP) is 1.20. The number of hydrogen-bond donors (Lipinski definition) is 2. The van der Waals surface area contributed by atoms with Gasteiger partial charge in [-0.1, -0.05) is 0 Å². The van der Waals surface area contributed by atoms with Crippen LogP contribution in [0.3, 0.4) is 0 Å². The van der Waals surface area contributed by atoms with Gasteiger partial charge in [0.15, 0.2) is 0 Å². The van der Waals surface area contributed by atoms with Gasteiger partial charge in [-0.25, -0.2) is 8.42 Å². The SMILES string of the molecule is COc1ccc(S(=O)(=O)N2CCCC(C)(O)CC2)c(N)c1. The van der Waals surface area contributed by atoms with Crippen molar-refractivity contribution in [3.8, 4) is 5.75 Å². The summed E-state index contributed by atoms with van der Waals surface area (Å²) in [6.45, 7) is 2.43. The fourth-order valence-corrected chi connectivity index (χ4v) is 4.08. The summed E-state index contributed by atoms with van der Waals surface area (Å²) in [4.78, 5) is 0.0878. The first-order chi connectivity index (χ1) is 9.76. The Morgan fingerprint density at radius 1 is 1.33 bits per heavy atom. The van der Waals surface area contributed by atoms with Crippen molar-refractivity contribution in [1.29, 1.82) is 0 Å². The van der Waals surface area contributed by atoms with Crippen LogP contribution in [-0.2, 0) is 10.0 Å². The molecule has 2 rings (SSSR count). The standard InChI is InChI=1S/C14H22N2O4S/c1-14(17)6-3-8-16(9-7-14)21(18,19)13-5-4-11(20-2)10-12(13)15/h4-5,10,17H,3,6-9,15H2,1-2H3. The summed E-state index contributed by atoms with van der Waals surface area (Å²) in [6.07, 6.45) is 1.64. The van der Waals surface area contributed by atoms with Crippen molar-refractivity contribution < 1.29 is 18.3 Å². The molecule has 0 bridgehead atoms. The lowest BCUT2D eigenvalue weighted by molar-refractivity contribution is 0.0465. The van der Waals surface area contributed by atoms with Crippen LogP contribution in [0.5, 0.6) is 5.75 Å². The topological polar surface area (TPSA) is 92.9 Å². The lowest BCUT2D eigenvalue weighted by Gasteiger charge is -2.23. The van der Waals surface area contributed by atoms with Crippen LogP contribution in [-0.4, -0.2) is 43.6 Å². The second-order valence-corrected chi connectivity index (χ2v) is 7.56. The minimum absolute atomic E-state index is 0.0878. The zero-order valence-electron chi connectivity index (χ0n) is 12.4. The molecule has 0 aromatic heterocycles. The number of ether oxygens (including phenoxy) is 1. The minimum atomic E-state index is -3.65. The van der Waals surface area contributed by atoms with Crippen LogP contribution < -0.4 is 10.5 Å². The highest BCUT2D eigenvalue weighted by molar-refractivity contribution is 7.89. The molecule has 1 aliphatic rings. The molecule has 0 amide bonds. The average molecular weight is 314 g/mol. The number of methoxy groups -OCH3 is 1. The first-order valence-corrected chi connectivity index (χ1v) is 8.36. The zero-order chi connectivity index (χ0) is 15.7. The summed E-state index contributed by atoms with van der Waals surface area (Å²) in [5.41, 5.74) is 5.21.